The topological polar surface area (TPSA) is 355 Å². The zero-order chi connectivity index (χ0) is 59.5. The summed E-state index contributed by atoms with van der Waals surface area (Å²) < 4.78 is 33.3. The molecular weight excluding hydrogens is 1080 g/mol. The first-order valence-electron chi connectivity index (χ1n) is 27.2. The van der Waals surface area contributed by atoms with Gasteiger partial charge in [-0.3, -0.25) is 52.8 Å². The Kier molecular flexibility index (Phi) is 19.6. The van der Waals surface area contributed by atoms with Crippen LogP contribution < -0.4 is 43.2 Å². The maximum Gasteiger partial charge on any atom is 0.343 e. The van der Waals surface area contributed by atoms with E-state index in [0.717, 1.165) is 22.6 Å². The van der Waals surface area contributed by atoms with Gasteiger partial charge in [-0.1, -0.05) is 37.3 Å². The second-order valence-electron chi connectivity index (χ2n) is 20.6. The van der Waals surface area contributed by atoms with Gasteiger partial charge in [-0.15, -0.1) is 0 Å². The molecular formula is C57H65FN10O15. The Labute approximate surface area is 474 Å². The first-order chi connectivity index (χ1) is 39.8. The number of cyclic esters (lactones) is 1. The van der Waals surface area contributed by atoms with Crippen LogP contribution in [0.25, 0.3) is 22.3 Å². The van der Waals surface area contributed by atoms with Gasteiger partial charge < -0.3 is 61.5 Å². The number of nitrogens with two attached hydrogens (primary N) is 1. The van der Waals surface area contributed by atoms with Crippen LogP contribution in [0.5, 0.6) is 0 Å². The first-order valence-corrected chi connectivity index (χ1v) is 27.2. The van der Waals surface area contributed by atoms with Crippen molar-refractivity contribution in [1.82, 2.24) is 46.4 Å². The number of amides is 9. The number of esters is 1. The maximum atomic E-state index is 15.8. The molecule has 26 heteroatoms. The lowest BCUT2D eigenvalue weighted by molar-refractivity contribution is -0.172. The summed E-state index contributed by atoms with van der Waals surface area (Å²) in [5.41, 5.74) is 7.75. The quantitative estimate of drug-likeness (QED) is 0.0165. The number of benzene rings is 2. The van der Waals surface area contributed by atoms with Gasteiger partial charge in [0.2, 0.25) is 41.4 Å². The number of imide groups is 1. The molecule has 1 aliphatic carbocycles. The first kappa shape index (κ1) is 60.3. The minimum atomic E-state index is -2.06. The molecule has 25 nitrogen and oxygen atoms in total. The Morgan fingerprint density at radius 3 is 2.19 bits per heavy atom. The fourth-order valence-corrected chi connectivity index (χ4v) is 10.7. The van der Waals surface area contributed by atoms with Crippen LogP contribution in [0.15, 0.2) is 59.4 Å². The SMILES string of the molecule is CC[C@@]1(O)C(=O)OCc2c1cc1n(c2=O)Cc2c-1nc1cc(F)c(C)c3c1c2CC(C(CNC(=O)CNC(=O)C(Cc1ccccc1)NC(=O)CNC(=O)CNC(=O)CCOCCOCCNC(=O)CCN1C(=O)C=CC1=O)CC(N)=O)C3. The predicted octanol–water partition coefficient (Wildman–Crippen LogP) is -1.22. The number of primary amides is 1. The third-order valence-corrected chi connectivity index (χ3v) is 15.2. The molecule has 83 heavy (non-hydrogen) atoms. The number of ether oxygens (including phenoxy) is 3. The smallest absolute Gasteiger partial charge is 0.343 e. The third-order valence-electron chi connectivity index (χ3n) is 15.2. The summed E-state index contributed by atoms with van der Waals surface area (Å²) in [6.45, 7) is 2.04. The highest BCUT2D eigenvalue weighted by molar-refractivity contribution is 6.13. The van der Waals surface area contributed by atoms with E-state index in [1.165, 1.54) is 10.6 Å². The Morgan fingerprint density at radius 2 is 1.47 bits per heavy atom. The summed E-state index contributed by atoms with van der Waals surface area (Å²) in [7, 11) is 0. The van der Waals surface area contributed by atoms with Gasteiger partial charge in [-0.25, -0.2) is 14.2 Å². The molecule has 5 heterocycles. The van der Waals surface area contributed by atoms with Gasteiger partial charge in [0.25, 0.3) is 17.4 Å². The Bertz CT molecular complexity index is 3330. The molecule has 4 aliphatic rings. The van der Waals surface area contributed by atoms with E-state index in [2.05, 4.69) is 31.9 Å². The molecule has 0 radical (unpaired) electrons. The summed E-state index contributed by atoms with van der Waals surface area (Å²) in [5.74, 6) is -7.61. The van der Waals surface area contributed by atoms with Gasteiger partial charge in [0.15, 0.2) is 5.60 Å². The molecule has 3 aliphatic heterocycles. The summed E-state index contributed by atoms with van der Waals surface area (Å²) in [6.07, 6.45) is 2.55. The van der Waals surface area contributed by atoms with E-state index in [0.29, 0.717) is 51.0 Å². The molecule has 9 amide bonds. The number of aromatic nitrogens is 2. The minimum absolute atomic E-state index is 0.0104. The van der Waals surface area contributed by atoms with Crippen LogP contribution in [0.1, 0.15) is 71.6 Å². The predicted molar refractivity (Wildman–Crippen MR) is 291 cm³/mol. The van der Waals surface area contributed by atoms with Crippen molar-refractivity contribution in [2.45, 2.75) is 83.6 Å². The highest BCUT2D eigenvalue weighted by Crippen LogP contribution is 2.45. The summed E-state index contributed by atoms with van der Waals surface area (Å²) in [5, 5.41) is 27.5. The van der Waals surface area contributed by atoms with Crippen molar-refractivity contribution in [1.29, 1.82) is 0 Å². The van der Waals surface area contributed by atoms with E-state index in [1.54, 1.807) is 50.2 Å². The average Bonchev–Trinajstić information content (AvgIpc) is 2.01. The highest BCUT2D eigenvalue weighted by atomic mass is 19.1. The third kappa shape index (κ3) is 14.3. The lowest BCUT2D eigenvalue weighted by Crippen LogP contribution is -2.52. The monoisotopic (exact) mass is 1150 g/mol. The number of aliphatic hydroxyl groups is 1. The molecule has 0 saturated carbocycles. The minimum Gasteiger partial charge on any atom is -0.458 e. The average molecular weight is 1150 g/mol. The molecule has 4 aromatic rings. The Morgan fingerprint density at radius 1 is 0.807 bits per heavy atom. The standard InChI is InChI=1S/C57H65FN10O15/c1-3-57(80)39-23-43-53-37(29-68(43)55(78)38(39)30-83-56(57)79)36-21-33(20-35-31(2)40(58)24-41(66-53)52(35)36)34(22-44(59)69)25-61-48(73)27-64-54(77)42(19-32-7-5-4-6-8-32)65-49(74)28-63-47(72)26-62-46(71)12-15-81-17-18-82-16-13-60-45(70)11-14-67-50(75)9-10-51(67)76/h4-10,23-24,33-34,42,80H,3,11-22,25-30H2,1-2H3,(H2,59,69)(H,60,70)(H,61,73)(H,62,71)(H,63,72)(H,64,77)(H,65,74)/t33?,34?,42?,57-/m0/s1. The fourth-order valence-electron chi connectivity index (χ4n) is 10.7. The van der Waals surface area contributed by atoms with Gasteiger partial charge in [0, 0.05) is 80.0 Å². The number of rotatable bonds is 28. The summed E-state index contributed by atoms with van der Waals surface area (Å²) >= 11 is 0. The molecule has 9 N–H and O–H groups in total. The molecule has 4 atom stereocenters. The van der Waals surface area contributed by atoms with E-state index in [9.17, 15) is 57.8 Å². The van der Waals surface area contributed by atoms with Crippen molar-refractivity contribution in [2.24, 2.45) is 17.6 Å². The van der Waals surface area contributed by atoms with Crippen molar-refractivity contribution in [3.63, 3.8) is 0 Å². The molecule has 440 valence electrons. The lowest BCUT2D eigenvalue weighted by Gasteiger charge is -2.33. The number of carbonyl (C=O) groups is 10. The van der Waals surface area contributed by atoms with Crippen LogP contribution in [0, 0.1) is 24.6 Å². The number of carbonyl (C=O) groups excluding carboxylic acids is 10. The van der Waals surface area contributed by atoms with Crippen LogP contribution in [0.3, 0.4) is 0 Å². The van der Waals surface area contributed by atoms with Gasteiger partial charge in [-0.2, -0.15) is 0 Å². The number of hydrogen-bond donors (Lipinski definition) is 8. The van der Waals surface area contributed by atoms with Crippen LogP contribution in [0.2, 0.25) is 0 Å². The van der Waals surface area contributed by atoms with E-state index in [-0.39, 0.29) is 115 Å². The summed E-state index contributed by atoms with van der Waals surface area (Å²) in [4.78, 5) is 146. The zero-order valence-corrected chi connectivity index (χ0v) is 45.8. The van der Waals surface area contributed by atoms with Crippen molar-refractivity contribution in [2.75, 3.05) is 65.7 Å². The number of nitrogens with one attached hydrogen (secondary N) is 6. The fraction of sp³-hybridized carbons (Fsp3) is 0.439. The van der Waals surface area contributed by atoms with E-state index < -0.39 is 108 Å². The van der Waals surface area contributed by atoms with Crippen LogP contribution in [-0.4, -0.2) is 150 Å². The normalized spacial score (nSPS) is 17.2. The van der Waals surface area contributed by atoms with Gasteiger partial charge in [0.05, 0.1) is 75.1 Å². The molecule has 0 saturated heterocycles. The van der Waals surface area contributed by atoms with Gasteiger partial charge in [0.1, 0.15) is 18.5 Å². The molecule has 0 bridgehead atoms. The molecule has 2 aromatic heterocycles. The van der Waals surface area contributed by atoms with Crippen LogP contribution >= 0.6 is 0 Å². The van der Waals surface area contributed by atoms with Crippen molar-refractivity contribution in [3.8, 4) is 11.4 Å². The molecule has 3 unspecified atom stereocenters. The summed E-state index contributed by atoms with van der Waals surface area (Å²) in [6, 6.07) is 10.4. The van der Waals surface area contributed by atoms with Crippen molar-refractivity contribution in [3.05, 3.63) is 110 Å². The maximum absolute atomic E-state index is 15.8. The van der Waals surface area contributed by atoms with Gasteiger partial charge in [-0.05, 0) is 66.3 Å². The zero-order valence-electron chi connectivity index (χ0n) is 45.8. The van der Waals surface area contributed by atoms with E-state index in [1.807, 2.05) is 0 Å². The van der Waals surface area contributed by atoms with Gasteiger partial charge >= 0.3 is 5.97 Å². The molecule has 0 spiro atoms. The Hall–Kier alpha value is -8.75. The second-order valence-corrected chi connectivity index (χ2v) is 20.6. The van der Waals surface area contributed by atoms with Crippen LogP contribution in [-0.2, 0) is 100 Å². The van der Waals surface area contributed by atoms with Crippen LogP contribution in [0.4, 0.5) is 4.39 Å². The second kappa shape index (κ2) is 26.9. The Balaban J connectivity index is 0.795. The number of nitrogens with zero attached hydrogens (tertiary/aromatic N) is 3. The number of fused-ring (bicyclic) bond motifs is 5. The van der Waals surface area contributed by atoms with E-state index in [4.69, 9.17) is 24.9 Å². The molecule has 2 aromatic carbocycles. The lowest BCUT2D eigenvalue weighted by atomic mass is 9.73. The number of pyridine rings is 2. The van der Waals surface area contributed by atoms with Crippen molar-refractivity contribution < 1.29 is 71.7 Å². The number of hydrogen-bond acceptors (Lipinski definition) is 16. The largest absolute Gasteiger partial charge is 0.458 e. The highest BCUT2D eigenvalue weighted by Gasteiger charge is 2.46. The van der Waals surface area contributed by atoms with Crippen molar-refractivity contribution >= 4 is 70.0 Å². The molecule has 0 fully saturated rings. The number of halogens is 1. The van der Waals surface area contributed by atoms with E-state index >= 15 is 4.39 Å². The molecule has 8 rings (SSSR count).